The van der Waals surface area contributed by atoms with Crippen LogP contribution in [0.15, 0.2) is 109 Å². The van der Waals surface area contributed by atoms with Crippen LogP contribution in [0.1, 0.15) is 40.5 Å². The van der Waals surface area contributed by atoms with Crippen LogP contribution in [-0.4, -0.2) is 81.4 Å². The first kappa shape index (κ1) is 36.9. The van der Waals surface area contributed by atoms with Gasteiger partial charge in [0, 0.05) is 37.3 Å². The van der Waals surface area contributed by atoms with Crippen molar-refractivity contribution in [1.29, 1.82) is 0 Å². The van der Waals surface area contributed by atoms with Gasteiger partial charge in [0.2, 0.25) is 0 Å². The SMILES string of the molecule is CCN(CC)CCCOc1ccc(-c2nc3ccccc3n2C/C=C\Cn2c(-c3ccc(OCCCN(CC)CC)cc3)nc3ccccc32)cc1. The van der Waals surface area contributed by atoms with Crippen molar-refractivity contribution in [2.24, 2.45) is 0 Å². The molecule has 0 aliphatic rings. The van der Waals surface area contributed by atoms with E-state index in [1.807, 2.05) is 12.1 Å². The molecule has 272 valence electrons. The van der Waals surface area contributed by atoms with Crippen molar-refractivity contribution in [3.63, 3.8) is 0 Å². The summed E-state index contributed by atoms with van der Waals surface area (Å²) in [5.41, 5.74) is 6.34. The van der Waals surface area contributed by atoms with E-state index >= 15 is 0 Å². The third-order valence-corrected chi connectivity index (χ3v) is 9.84. The molecule has 0 bridgehead atoms. The van der Waals surface area contributed by atoms with Gasteiger partial charge in [0.05, 0.1) is 35.3 Å². The number of ether oxygens (including phenoxy) is 2. The van der Waals surface area contributed by atoms with Crippen LogP contribution in [0.2, 0.25) is 0 Å². The minimum absolute atomic E-state index is 0.696. The lowest BCUT2D eigenvalue weighted by Crippen LogP contribution is -2.25. The smallest absolute Gasteiger partial charge is 0.141 e. The minimum atomic E-state index is 0.696. The number of para-hydroxylation sites is 4. The molecule has 0 N–H and O–H groups in total. The van der Waals surface area contributed by atoms with Crippen LogP contribution >= 0.6 is 0 Å². The summed E-state index contributed by atoms with van der Waals surface area (Å²) in [6, 6.07) is 33.4. The fourth-order valence-electron chi connectivity index (χ4n) is 6.76. The zero-order valence-electron chi connectivity index (χ0n) is 31.4. The van der Waals surface area contributed by atoms with Crippen molar-refractivity contribution in [2.75, 3.05) is 52.5 Å². The molecule has 0 saturated carbocycles. The first-order chi connectivity index (χ1) is 25.6. The van der Waals surface area contributed by atoms with Crippen LogP contribution in [0.5, 0.6) is 11.5 Å². The summed E-state index contributed by atoms with van der Waals surface area (Å²) >= 11 is 0. The van der Waals surface area contributed by atoms with Crippen molar-refractivity contribution in [2.45, 2.75) is 53.6 Å². The Bertz CT molecular complexity index is 1860. The monoisotopic (exact) mass is 698 g/mol. The molecule has 2 heterocycles. The van der Waals surface area contributed by atoms with E-state index in [1.54, 1.807) is 0 Å². The van der Waals surface area contributed by atoms with E-state index in [0.29, 0.717) is 26.3 Å². The van der Waals surface area contributed by atoms with Crippen molar-refractivity contribution in [1.82, 2.24) is 28.9 Å². The standard InChI is InChI=1S/C44H54N6O2/c1-5-47(6-2)29-15-33-51-37-25-21-35(22-26-37)43-45-39-17-9-11-19-41(39)49(43)31-13-14-32-50-42-20-12-10-18-40(42)46-44(50)36-23-27-38(28-24-36)52-34-16-30-48(7-3)8-4/h9-14,17-28H,5-8,15-16,29-34H2,1-4H3/b14-13-. The van der Waals surface area contributed by atoms with E-state index in [2.05, 4.69) is 144 Å². The Morgan fingerprint density at radius 2 is 0.904 bits per heavy atom. The Balaban J connectivity index is 1.14. The Labute approximate surface area is 309 Å². The highest BCUT2D eigenvalue weighted by atomic mass is 16.5. The highest BCUT2D eigenvalue weighted by Gasteiger charge is 2.14. The van der Waals surface area contributed by atoms with E-state index in [0.717, 1.165) is 108 Å². The van der Waals surface area contributed by atoms with E-state index in [9.17, 15) is 0 Å². The van der Waals surface area contributed by atoms with Gasteiger partial charge >= 0.3 is 0 Å². The predicted octanol–water partition coefficient (Wildman–Crippen LogP) is 9.20. The van der Waals surface area contributed by atoms with Gasteiger partial charge in [-0.1, -0.05) is 64.1 Å². The van der Waals surface area contributed by atoms with Crippen molar-refractivity contribution >= 4 is 22.1 Å². The largest absolute Gasteiger partial charge is 0.494 e. The first-order valence-electron chi connectivity index (χ1n) is 19.1. The molecule has 4 aromatic carbocycles. The molecule has 0 aliphatic heterocycles. The maximum absolute atomic E-state index is 6.07. The molecule has 6 rings (SSSR count). The van der Waals surface area contributed by atoms with Gasteiger partial charge in [-0.3, -0.25) is 0 Å². The van der Waals surface area contributed by atoms with Crippen molar-refractivity contribution in [3.05, 3.63) is 109 Å². The number of aromatic nitrogens is 4. The average Bonchev–Trinajstić information content (AvgIpc) is 3.75. The number of nitrogens with zero attached hydrogens (tertiary/aromatic N) is 6. The third-order valence-electron chi connectivity index (χ3n) is 9.84. The van der Waals surface area contributed by atoms with E-state index in [-0.39, 0.29) is 0 Å². The zero-order valence-corrected chi connectivity index (χ0v) is 31.4. The van der Waals surface area contributed by atoms with E-state index < -0.39 is 0 Å². The lowest BCUT2D eigenvalue weighted by atomic mass is 10.2. The number of imidazole rings is 2. The molecule has 0 aliphatic carbocycles. The Hall–Kier alpha value is -4.92. The van der Waals surface area contributed by atoms with Crippen LogP contribution in [0, 0.1) is 0 Å². The molecule has 0 unspecified atom stereocenters. The number of benzene rings is 4. The van der Waals surface area contributed by atoms with E-state index in [4.69, 9.17) is 19.4 Å². The molecule has 0 spiro atoms. The molecule has 0 radical (unpaired) electrons. The molecule has 8 heteroatoms. The zero-order chi connectivity index (χ0) is 36.1. The van der Waals surface area contributed by atoms with Gasteiger partial charge in [0.1, 0.15) is 23.1 Å². The second-order valence-electron chi connectivity index (χ2n) is 13.0. The Kier molecular flexibility index (Phi) is 13.1. The summed E-state index contributed by atoms with van der Waals surface area (Å²) in [5.74, 6) is 3.68. The van der Waals surface area contributed by atoms with Gasteiger partial charge in [-0.05, 0) is 112 Å². The first-order valence-corrected chi connectivity index (χ1v) is 19.1. The maximum Gasteiger partial charge on any atom is 0.141 e. The van der Waals surface area contributed by atoms with Gasteiger partial charge in [-0.2, -0.15) is 0 Å². The summed E-state index contributed by atoms with van der Waals surface area (Å²) in [7, 11) is 0. The van der Waals surface area contributed by atoms with Crippen LogP contribution in [0.25, 0.3) is 44.8 Å². The van der Waals surface area contributed by atoms with Crippen LogP contribution in [0.3, 0.4) is 0 Å². The fraction of sp³-hybridized carbons (Fsp3) is 0.364. The molecular formula is C44H54N6O2. The molecule has 52 heavy (non-hydrogen) atoms. The fourth-order valence-corrected chi connectivity index (χ4v) is 6.76. The molecule has 0 amide bonds. The lowest BCUT2D eigenvalue weighted by molar-refractivity contribution is 0.249. The van der Waals surface area contributed by atoms with Crippen molar-refractivity contribution < 1.29 is 9.47 Å². The summed E-state index contributed by atoms with van der Waals surface area (Å²) in [6.07, 6.45) is 6.50. The number of hydrogen-bond acceptors (Lipinski definition) is 6. The van der Waals surface area contributed by atoms with Crippen LogP contribution in [0.4, 0.5) is 0 Å². The molecule has 8 nitrogen and oxygen atoms in total. The van der Waals surface area contributed by atoms with Gasteiger partial charge in [0.15, 0.2) is 0 Å². The predicted molar refractivity (Wildman–Crippen MR) is 215 cm³/mol. The topological polar surface area (TPSA) is 60.6 Å². The summed E-state index contributed by atoms with van der Waals surface area (Å²) in [6.45, 7) is 18.1. The normalized spacial score (nSPS) is 11.9. The molecule has 2 aromatic heterocycles. The lowest BCUT2D eigenvalue weighted by Gasteiger charge is -2.17. The molecule has 0 saturated heterocycles. The Morgan fingerprint density at radius 3 is 1.29 bits per heavy atom. The Morgan fingerprint density at radius 1 is 0.519 bits per heavy atom. The molecule has 0 atom stereocenters. The van der Waals surface area contributed by atoms with E-state index in [1.165, 1.54) is 0 Å². The van der Waals surface area contributed by atoms with Crippen LogP contribution < -0.4 is 9.47 Å². The number of fused-ring (bicyclic) bond motifs is 2. The van der Waals surface area contributed by atoms with Gasteiger partial charge in [-0.25, -0.2) is 9.97 Å². The van der Waals surface area contributed by atoms with Gasteiger partial charge in [-0.15, -0.1) is 0 Å². The number of rotatable bonds is 20. The third kappa shape index (κ3) is 9.11. The number of hydrogen-bond donors (Lipinski definition) is 0. The second-order valence-corrected chi connectivity index (χ2v) is 13.0. The summed E-state index contributed by atoms with van der Waals surface area (Å²) in [4.78, 5) is 14.9. The maximum atomic E-state index is 6.07. The van der Waals surface area contributed by atoms with Gasteiger partial charge in [0.25, 0.3) is 0 Å². The van der Waals surface area contributed by atoms with Crippen LogP contribution in [-0.2, 0) is 13.1 Å². The number of allylic oxidation sites excluding steroid dienone is 2. The molecule has 6 aromatic rings. The summed E-state index contributed by atoms with van der Waals surface area (Å²) in [5, 5.41) is 0. The van der Waals surface area contributed by atoms with Crippen molar-refractivity contribution in [3.8, 4) is 34.3 Å². The molecular weight excluding hydrogens is 645 g/mol. The highest BCUT2D eigenvalue weighted by Crippen LogP contribution is 2.28. The van der Waals surface area contributed by atoms with Gasteiger partial charge < -0.3 is 28.4 Å². The quantitative estimate of drug-likeness (QED) is 0.0586. The summed E-state index contributed by atoms with van der Waals surface area (Å²) < 4.78 is 16.7. The average molecular weight is 699 g/mol. The second kappa shape index (κ2) is 18.5. The molecule has 0 fully saturated rings. The highest BCUT2D eigenvalue weighted by molar-refractivity contribution is 5.82. The minimum Gasteiger partial charge on any atom is -0.494 e.